The summed E-state index contributed by atoms with van der Waals surface area (Å²) in [4.78, 5) is 33.4. The van der Waals surface area contributed by atoms with Gasteiger partial charge in [0.05, 0.1) is 0 Å². The summed E-state index contributed by atoms with van der Waals surface area (Å²) < 4.78 is 1.42. The fourth-order valence-corrected chi connectivity index (χ4v) is 4.60. The molecule has 0 saturated carbocycles. The van der Waals surface area contributed by atoms with E-state index in [1.54, 1.807) is 22.9 Å². The van der Waals surface area contributed by atoms with Crippen LogP contribution in [0.1, 0.15) is 28.1 Å². The van der Waals surface area contributed by atoms with Crippen molar-refractivity contribution in [3.8, 4) is 0 Å². The minimum Gasteiger partial charge on any atom is -0.348 e. The first-order chi connectivity index (χ1) is 12.2. The van der Waals surface area contributed by atoms with Crippen molar-refractivity contribution in [2.24, 2.45) is 0 Å². The molecule has 0 unspecified atom stereocenters. The highest BCUT2D eigenvalue weighted by molar-refractivity contribution is 7.15. The van der Waals surface area contributed by atoms with Crippen LogP contribution in [0, 0.1) is 0 Å². The number of hydrogen-bond acceptors (Lipinski definition) is 6. The van der Waals surface area contributed by atoms with Gasteiger partial charge in [-0.05, 0) is 30.8 Å². The maximum absolute atomic E-state index is 12.5. The summed E-state index contributed by atoms with van der Waals surface area (Å²) in [6, 6.07) is 4.25. The van der Waals surface area contributed by atoms with E-state index in [-0.39, 0.29) is 23.1 Å². The monoisotopic (exact) mass is 374 g/mol. The Morgan fingerprint density at radius 3 is 3.12 bits per heavy atom. The minimum absolute atomic E-state index is 0.0591. The largest absolute Gasteiger partial charge is 0.348 e. The van der Waals surface area contributed by atoms with E-state index in [4.69, 9.17) is 0 Å². The minimum atomic E-state index is -0.332. The van der Waals surface area contributed by atoms with Crippen LogP contribution in [-0.4, -0.2) is 39.3 Å². The van der Waals surface area contributed by atoms with Crippen LogP contribution in [0.4, 0.5) is 0 Å². The second-order valence-corrected chi connectivity index (χ2v) is 8.06. The number of carbonyl (C=O) groups is 1. The molecule has 6 nitrogen and oxygen atoms in total. The number of likely N-dealkylation sites (tertiary alicyclic amines) is 1. The lowest BCUT2D eigenvalue weighted by Gasteiger charge is -2.32. The van der Waals surface area contributed by atoms with Gasteiger partial charge in [0.25, 0.3) is 11.5 Å². The molecule has 3 aromatic heterocycles. The van der Waals surface area contributed by atoms with E-state index in [2.05, 4.69) is 32.7 Å². The van der Waals surface area contributed by atoms with Gasteiger partial charge < -0.3 is 5.32 Å². The van der Waals surface area contributed by atoms with Gasteiger partial charge in [0.15, 0.2) is 4.96 Å². The molecule has 1 aliphatic heterocycles. The van der Waals surface area contributed by atoms with Crippen LogP contribution in [-0.2, 0) is 6.54 Å². The number of piperidine rings is 1. The molecular weight excluding hydrogens is 356 g/mol. The van der Waals surface area contributed by atoms with Crippen LogP contribution in [0.15, 0.2) is 40.1 Å². The molecule has 25 heavy (non-hydrogen) atoms. The molecule has 0 aromatic carbocycles. The molecule has 0 aliphatic carbocycles. The van der Waals surface area contributed by atoms with E-state index in [0.717, 1.165) is 32.5 Å². The molecule has 4 rings (SSSR count). The molecule has 1 N–H and O–H groups in total. The smallest absolute Gasteiger partial charge is 0.271 e. The van der Waals surface area contributed by atoms with Gasteiger partial charge in [0, 0.05) is 41.8 Å². The third-order valence-corrected chi connectivity index (χ3v) is 6.02. The van der Waals surface area contributed by atoms with E-state index in [9.17, 15) is 9.59 Å². The number of amides is 1. The predicted octanol–water partition coefficient (Wildman–Crippen LogP) is 2.21. The summed E-state index contributed by atoms with van der Waals surface area (Å²) in [5.41, 5.74) is -0.207. The Morgan fingerprint density at radius 1 is 1.36 bits per heavy atom. The van der Waals surface area contributed by atoms with Crippen LogP contribution < -0.4 is 10.9 Å². The summed E-state index contributed by atoms with van der Waals surface area (Å²) in [5.74, 6) is -0.332. The van der Waals surface area contributed by atoms with Crippen LogP contribution in [0.25, 0.3) is 4.96 Å². The van der Waals surface area contributed by atoms with E-state index < -0.39 is 0 Å². The zero-order valence-electron chi connectivity index (χ0n) is 13.6. The molecule has 4 heterocycles. The second kappa shape index (κ2) is 7.07. The standard InChI is InChI=1S/C17H18N4O2S2/c22-15(14-9-18-17-21(16(14)23)6-8-25-17)19-12-3-1-5-20(10-12)11-13-4-2-7-24-13/h2,4,6-9,12H,1,3,5,10-11H2,(H,19,22)/t12-/m1/s1. The van der Waals surface area contributed by atoms with Gasteiger partial charge in [-0.25, -0.2) is 4.98 Å². The Kier molecular flexibility index (Phi) is 4.65. The number of carbonyl (C=O) groups excluding carboxylic acids is 1. The first kappa shape index (κ1) is 16.4. The van der Waals surface area contributed by atoms with Gasteiger partial charge >= 0.3 is 0 Å². The Bertz CT molecular complexity index is 932. The molecule has 0 spiro atoms. The molecule has 3 aromatic rings. The second-order valence-electron chi connectivity index (χ2n) is 6.16. The molecule has 1 amide bonds. The van der Waals surface area contributed by atoms with Gasteiger partial charge in [-0.2, -0.15) is 0 Å². The van der Waals surface area contributed by atoms with Gasteiger partial charge in [-0.1, -0.05) is 6.07 Å². The van der Waals surface area contributed by atoms with Crippen molar-refractivity contribution in [2.75, 3.05) is 13.1 Å². The highest BCUT2D eigenvalue weighted by Gasteiger charge is 2.23. The number of nitrogens with zero attached hydrogens (tertiary/aromatic N) is 3. The molecule has 1 aliphatic rings. The molecule has 0 bridgehead atoms. The van der Waals surface area contributed by atoms with E-state index in [1.165, 1.54) is 26.8 Å². The number of thiophene rings is 1. The predicted molar refractivity (Wildman–Crippen MR) is 99.4 cm³/mol. The Morgan fingerprint density at radius 2 is 2.28 bits per heavy atom. The molecule has 0 radical (unpaired) electrons. The summed E-state index contributed by atoms with van der Waals surface area (Å²) in [6.07, 6.45) is 5.00. The van der Waals surface area contributed by atoms with E-state index in [1.807, 2.05) is 0 Å². The van der Waals surface area contributed by atoms with Gasteiger partial charge in [0.1, 0.15) is 5.56 Å². The van der Waals surface area contributed by atoms with Crippen LogP contribution in [0.5, 0.6) is 0 Å². The third-order valence-electron chi connectivity index (χ3n) is 4.39. The van der Waals surface area contributed by atoms with Gasteiger partial charge in [-0.3, -0.25) is 18.9 Å². The van der Waals surface area contributed by atoms with Crippen LogP contribution in [0.3, 0.4) is 0 Å². The summed E-state index contributed by atoms with van der Waals surface area (Å²) in [6.45, 7) is 2.75. The number of thiazole rings is 1. The zero-order chi connectivity index (χ0) is 17.2. The normalized spacial score (nSPS) is 18.5. The number of nitrogens with one attached hydrogen (secondary N) is 1. The maximum Gasteiger partial charge on any atom is 0.271 e. The van der Waals surface area contributed by atoms with Gasteiger partial charge in [-0.15, -0.1) is 22.7 Å². The molecule has 1 saturated heterocycles. The number of aromatic nitrogens is 2. The van der Waals surface area contributed by atoms with E-state index >= 15 is 0 Å². The first-order valence-corrected chi connectivity index (χ1v) is 9.97. The number of rotatable bonds is 4. The van der Waals surface area contributed by atoms with Crippen molar-refractivity contribution in [3.63, 3.8) is 0 Å². The van der Waals surface area contributed by atoms with Crippen molar-refractivity contribution in [1.82, 2.24) is 19.6 Å². The number of hydrogen-bond donors (Lipinski definition) is 1. The topological polar surface area (TPSA) is 66.7 Å². The summed E-state index contributed by atoms with van der Waals surface area (Å²) in [5, 5.41) is 6.88. The van der Waals surface area contributed by atoms with Crippen molar-refractivity contribution in [1.29, 1.82) is 0 Å². The highest BCUT2D eigenvalue weighted by atomic mass is 32.1. The van der Waals surface area contributed by atoms with Crippen molar-refractivity contribution >= 4 is 33.5 Å². The molecule has 130 valence electrons. The lowest BCUT2D eigenvalue weighted by Crippen LogP contribution is -2.48. The lowest BCUT2D eigenvalue weighted by atomic mass is 10.1. The molecule has 1 fully saturated rings. The quantitative estimate of drug-likeness (QED) is 0.760. The molecular formula is C17H18N4O2S2. The van der Waals surface area contributed by atoms with Crippen molar-refractivity contribution < 1.29 is 4.79 Å². The molecule has 8 heteroatoms. The van der Waals surface area contributed by atoms with Crippen molar-refractivity contribution in [2.45, 2.75) is 25.4 Å². The van der Waals surface area contributed by atoms with Crippen LogP contribution in [0.2, 0.25) is 0 Å². The SMILES string of the molecule is O=C(N[C@@H]1CCCN(Cc2cccs2)C1)c1cnc2sccn2c1=O. The highest BCUT2D eigenvalue weighted by Crippen LogP contribution is 2.17. The maximum atomic E-state index is 12.5. The average Bonchev–Trinajstić information content (AvgIpc) is 3.27. The first-order valence-electron chi connectivity index (χ1n) is 8.21. The van der Waals surface area contributed by atoms with E-state index in [0.29, 0.717) is 4.96 Å². The summed E-state index contributed by atoms with van der Waals surface area (Å²) in [7, 11) is 0. The fraction of sp³-hybridized carbons (Fsp3) is 0.353. The zero-order valence-corrected chi connectivity index (χ0v) is 15.2. The lowest BCUT2D eigenvalue weighted by molar-refractivity contribution is 0.0899. The summed E-state index contributed by atoms with van der Waals surface area (Å²) >= 11 is 3.13. The Balaban J connectivity index is 1.44. The third kappa shape index (κ3) is 3.51. The number of fused-ring (bicyclic) bond motifs is 1. The van der Waals surface area contributed by atoms with Crippen molar-refractivity contribution in [3.05, 3.63) is 56.1 Å². The fourth-order valence-electron chi connectivity index (χ4n) is 3.18. The van der Waals surface area contributed by atoms with Gasteiger partial charge in [0.2, 0.25) is 0 Å². The Hall–Kier alpha value is -2.03. The van der Waals surface area contributed by atoms with Crippen LogP contribution >= 0.6 is 22.7 Å². The molecule has 1 atom stereocenters. The Labute approximate surface area is 152 Å². The average molecular weight is 374 g/mol.